The fourth-order valence-corrected chi connectivity index (χ4v) is 1.80. The van der Waals surface area contributed by atoms with Crippen LogP contribution >= 0.6 is 0 Å². The van der Waals surface area contributed by atoms with Crippen molar-refractivity contribution >= 4 is 11.9 Å². The maximum absolute atomic E-state index is 13.0. The number of hydrogen-bond acceptors (Lipinski definition) is 2. The summed E-state index contributed by atoms with van der Waals surface area (Å²) in [5.41, 5.74) is 0.279. The third kappa shape index (κ3) is 5.72. The highest BCUT2D eigenvalue weighted by Gasteiger charge is 2.19. The minimum atomic E-state index is -1.13. The van der Waals surface area contributed by atoms with E-state index in [1.165, 1.54) is 6.07 Å². The molecule has 0 spiro atoms. The number of benzene rings is 1. The van der Waals surface area contributed by atoms with Crippen LogP contribution in [0.4, 0.5) is 8.78 Å². The average Bonchev–Trinajstić information content (AvgIpc) is 2.42. The Morgan fingerprint density at radius 1 is 1.33 bits per heavy atom. The molecule has 1 atom stereocenters. The van der Waals surface area contributed by atoms with Gasteiger partial charge in [-0.2, -0.15) is 0 Å². The molecule has 0 fully saturated rings. The van der Waals surface area contributed by atoms with E-state index in [2.05, 4.69) is 11.9 Å². The van der Waals surface area contributed by atoms with E-state index < -0.39 is 29.6 Å². The number of carboxylic acid groups (broad SMARTS) is 1. The quantitative estimate of drug-likeness (QED) is 0.572. The topological polar surface area (TPSA) is 66.4 Å². The molecule has 21 heavy (non-hydrogen) atoms. The molecule has 0 bridgehead atoms. The second-order valence-electron chi connectivity index (χ2n) is 4.60. The van der Waals surface area contributed by atoms with Crippen LogP contribution in [0, 0.1) is 11.6 Å². The molecule has 0 aliphatic rings. The number of carbonyl (C=O) groups is 2. The second-order valence-corrected chi connectivity index (χ2v) is 4.60. The molecular formula is C15H17F2NO3. The first-order valence-corrected chi connectivity index (χ1v) is 6.51. The predicted octanol–water partition coefficient (Wildman–Crippen LogP) is 2.43. The molecule has 114 valence electrons. The number of rotatable bonds is 8. The zero-order valence-electron chi connectivity index (χ0n) is 11.4. The number of nitrogens with one attached hydrogen (secondary N) is 1. The minimum Gasteiger partial charge on any atom is -0.480 e. The number of amides is 1. The van der Waals surface area contributed by atoms with Gasteiger partial charge in [0.1, 0.15) is 6.04 Å². The molecule has 6 heteroatoms. The highest BCUT2D eigenvalue weighted by atomic mass is 19.2. The van der Waals surface area contributed by atoms with Crippen LogP contribution < -0.4 is 5.32 Å². The molecule has 0 radical (unpaired) electrons. The van der Waals surface area contributed by atoms with Gasteiger partial charge >= 0.3 is 5.97 Å². The predicted molar refractivity (Wildman–Crippen MR) is 73.7 cm³/mol. The molecule has 0 heterocycles. The summed E-state index contributed by atoms with van der Waals surface area (Å²) in [5.74, 6) is -3.71. The Kier molecular flexibility index (Phi) is 6.52. The van der Waals surface area contributed by atoms with Crippen molar-refractivity contribution in [1.82, 2.24) is 5.32 Å². The fraction of sp³-hybridized carbons (Fsp3) is 0.333. The van der Waals surface area contributed by atoms with Crippen LogP contribution in [-0.4, -0.2) is 23.0 Å². The van der Waals surface area contributed by atoms with Crippen molar-refractivity contribution in [2.24, 2.45) is 0 Å². The van der Waals surface area contributed by atoms with Gasteiger partial charge in [0.05, 0.1) is 6.42 Å². The summed E-state index contributed by atoms with van der Waals surface area (Å²) in [6.07, 6.45) is 2.99. The van der Waals surface area contributed by atoms with Gasteiger partial charge in [-0.15, -0.1) is 6.58 Å². The van der Waals surface area contributed by atoms with Gasteiger partial charge in [-0.25, -0.2) is 13.6 Å². The summed E-state index contributed by atoms with van der Waals surface area (Å²) >= 11 is 0. The molecular weight excluding hydrogens is 280 g/mol. The lowest BCUT2D eigenvalue weighted by Gasteiger charge is -2.14. The second kappa shape index (κ2) is 8.14. The lowest BCUT2D eigenvalue weighted by atomic mass is 10.1. The van der Waals surface area contributed by atoms with Gasteiger partial charge in [-0.3, -0.25) is 4.79 Å². The summed E-state index contributed by atoms with van der Waals surface area (Å²) < 4.78 is 25.8. The number of hydrogen-bond donors (Lipinski definition) is 2. The summed E-state index contributed by atoms with van der Waals surface area (Å²) in [4.78, 5) is 22.8. The maximum atomic E-state index is 13.0. The molecule has 0 unspecified atom stereocenters. The Labute approximate surface area is 121 Å². The van der Waals surface area contributed by atoms with Gasteiger partial charge in [0, 0.05) is 0 Å². The molecule has 0 saturated carbocycles. The van der Waals surface area contributed by atoms with E-state index >= 15 is 0 Å². The Hall–Kier alpha value is -2.24. The van der Waals surface area contributed by atoms with Crippen LogP contribution in [0.2, 0.25) is 0 Å². The van der Waals surface area contributed by atoms with Crippen LogP contribution in [0.3, 0.4) is 0 Å². The van der Waals surface area contributed by atoms with E-state index in [4.69, 9.17) is 5.11 Å². The van der Waals surface area contributed by atoms with Crippen LogP contribution in [0.1, 0.15) is 24.8 Å². The molecule has 1 aromatic carbocycles. The Morgan fingerprint density at radius 2 is 2.05 bits per heavy atom. The zero-order valence-corrected chi connectivity index (χ0v) is 11.4. The smallest absolute Gasteiger partial charge is 0.326 e. The SMILES string of the molecule is C=CCCC[C@H](NC(=O)Cc1ccc(F)c(F)c1)C(=O)O. The molecule has 1 rings (SSSR count). The van der Waals surface area contributed by atoms with Gasteiger partial charge in [-0.05, 0) is 37.0 Å². The highest BCUT2D eigenvalue weighted by Crippen LogP contribution is 2.09. The standard InChI is InChI=1S/C15H17F2NO3/c1-2-3-4-5-13(15(20)21)18-14(19)9-10-6-7-11(16)12(17)8-10/h2,6-8,13H,1,3-5,9H2,(H,18,19)(H,20,21)/t13-/m0/s1. The van der Waals surface area contributed by atoms with E-state index in [0.717, 1.165) is 12.1 Å². The van der Waals surface area contributed by atoms with Gasteiger partial charge in [0.25, 0.3) is 0 Å². The normalized spacial score (nSPS) is 11.7. The van der Waals surface area contributed by atoms with Crippen LogP contribution in [0.25, 0.3) is 0 Å². The first kappa shape index (κ1) is 16.8. The molecule has 4 nitrogen and oxygen atoms in total. The van der Waals surface area contributed by atoms with Gasteiger partial charge in [0.15, 0.2) is 11.6 Å². The summed E-state index contributed by atoms with van der Waals surface area (Å²) in [5, 5.41) is 11.4. The number of carboxylic acids is 1. The highest BCUT2D eigenvalue weighted by molar-refractivity contribution is 5.84. The van der Waals surface area contributed by atoms with Crippen molar-refractivity contribution in [3.05, 3.63) is 48.1 Å². The molecule has 0 aliphatic carbocycles. The molecule has 2 N–H and O–H groups in total. The summed E-state index contributed by atoms with van der Waals surface area (Å²) in [6.45, 7) is 3.53. The van der Waals surface area contributed by atoms with Gasteiger partial charge in [0.2, 0.25) is 5.91 Å². The molecule has 0 saturated heterocycles. The van der Waals surface area contributed by atoms with E-state index in [-0.39, 0.29) is 18.4 Å². The Morgan fingerprint density at radius 3 is 2.62 bits per heavy atom. The average molecular weight is 297 g/mol. The first-order valence-electron chi connectivity index (χ1n) is 6.51. The zero-order chi connectivity index (χ0) is 15.8. The van der Waals surface area contributed by atoms with Crippen molar-refractivity contribution < 1.29 is 23.5 Å². The lowest BCUT2D eigenvalue weighted by Crippen LogP contribution is -2.41. The first-order chi connectivity index (χ1) is 9.93. The number of aliphatic carboxylic acids is 1. The van der Waals surface area contributed by atoms with Crippen LogP contribution in [0.15, 0.2) is 30.9 Å². The van der Waals surface area contributed by atoms with Gasteiger partial charge in [-0.1, -0.05) is 12.1 Å². The largest absolute Gasteiger partial charge is 0.480 e. The number of allylic oxidation sites excluding steroid dienone is 1. The Bertz CT molecular complexity index is 532. The lowest BCUT2D eigenvalue weighted by molar-refractivity contribution is -0.141. The van der Waals surface area contributed by atoms with Crippen molar-refractivity contribution in [3.8, 4) is 0 Å². The van der Waals surface area contributed by atoms with Crippen LogP contribution in [0.5, 0.6) is 0 Å². The third-order valence-corrected chi connectivity index (χ3v) is 2.88. The van der Waals surface area contributed by atoms with E-state index in [0.29, 0.717) is 12.8 Å². The minimum absolute atomic E-state index is 0.206. The molecule has 0 aliphatic heterocycles. The van der Waals surface area contributed by atoms with Crippen molar-refractivity contribution in [2.45, 2.75) is 31.7 Å². The van der Waals surface area contributed by atoms with Gasteiger partial charge < -0.3 is 10.4 Å². The van der Waals surface area contributed by atoms with Crippen molar-refractivity contribution in [2.75, 3.05) is 0 Å². The Balaban J connectivity index is 2.58. The van der Waals surface area contributed by atoms with Crippen molar-refractivity contribution in [1.29, 1.82) is 0 Å². The van der Waals surface area contributed by atoms with Crippen molar-refractivity contribution in [3.63, 3.8) is 0 Å². The summed E-state index contributed by atoms with van der Waals surface area (Å²) in [6, 6.07) is 2.13. The fourth-order valence-electron chi connectivity index (χ4n) is 1.80. The van der Waals surface area contributed by atoms with Crippen LogP contribution in [-0.2, 0) is 16.0 Å². The molecule has 0 aromatic heterocycles. The molecule has 1 aromatic rings. The summed E-state index contributed by atoms with van der Waals surface area (Å²) in [7, 11) is 0. The number of halogens is 2. The molecule has 1 amide bonds. The number of unbranched alkanes of at least 4 members (excludes halogenated alkanes) is 1. The number of carbonyl (C=O) groups excluding carboxylic acids is 1. The maximum Gasteiger partial charge on any atom is 0.326 e. The van der Waals surface area contributed by atoms with E-state index in [1.807, 2.05) is 0 Å². The third-order valence-electron chi connectivity index (χ3n) is 2.88. The van der Waals surface area contributed by atoms with E-state index in [1.54, 1.807) is 6.08 Å². The monoisotopic (exact) mass is 297 g/mol. The van der Waals surface area contributed by atoms with E-state index in [9.17, 15) is 18.4 Å².